The van der Waals surface area contributed by atoms with E-state index in [1.807, 2.05) is 31.2 Å². The molecule has 25 heavy (non-hydrogen) atoms. The second-order valence-corrected chi connectivity index (χ2v) is 8.18. The molecule has 0 spiro atoms. The van der Waals surface area contributed by atoms with Crippen LogP contribution in [0.4, 0.5) is 10.5 Å². The van der Waals surface area contributed by atoms with Gasteiger partial charge in [-0.3, -0.25) is 0 Å². The van der Waals surface area contributed by atoms with Crippen molar-refractivity contribution in [3.63, 3.8) is 0 Å². The number of piperidine rings is 1. The van der Waals surface area contributed by atoms with E-state index in [0.717, 1.165) is 31.9 Å². The van der Waals surface area contributed by atoms with E-state index in [2.05, 4.69) is 27.8 Å². The minimum atomic E-state index is -0.104. The number of nitrogens with one attached hydrogen (secondary N) is 3. The third-order valence-electron chi connectivity index (χ3n) is 5.53. The molecule has 3 rings (SSSR count). The number of amides is 2. The summed E-state index contributed by atoms with van der Waals surface area (Å²) in [4.78, 5) is 14.7. The van der Waals surface area contributed by atoms with Crippen LogP contribution in [0.1, 0.15) is 31.7 Å². The number of carbonyl (C=O) groups is 1. The van der Waals surface area contributed by atoms with Crippen LogP contribution in [0, 0.1) is 18.3 Å². The van der Waals surface area contributed by atoms with E-state index in [1.54, 1.807) is 0 Å². The van der Waals surface area contributed by atoms with Crippen molar-refractivity contribution >= 4 is 11.7 Å². The van der Waals surface area contributed by atoms with Crippen LogP contribution in [0.15, 0.2) is 24.3 Å². The van der Waals surface area contributed by atoms with Crippen LogP contribution in [0.3, 0.4) is 0 Å². The van der Waals surface area contributed by atoms with E-state index >= 15 is 0 Å². The van der Waals surface area contributed by atoms with Gasteiger partial charge in [-0.2, -0.15) is 0 Å². The number of nitrogens with zero attached hydrogens (tertiary/aromatic N) is 1. The average molecular weight is 345 g/mol. The van der Waals surface area contributed by atoms with Crippen molar-refractivity contribution in [3.05, 3.63) is 29.8 Å². The lowest BCUT2D eigenvalue weighted by molar-refractivity contribution is 0.120. The van der Waals surface area contributed by atoms with Gasteiger partial charge in [-0.1, -0.05) is 24.6 Å². The van der Waals surface area contributed by atoms with Crippen molar-refractivity contribution in [2.45, 2.75) is 33.1 Å². The monoisotopic (exact) mass is 344 g/mol. The topological polar surface area (TPSA) is 56.4 Å². The quantitative estimate of drug-likeness (QED) is 0.770. The summed E-state index contributed by atoms with van der Waals surface area (Å²) in [5, 5.41) is 9.45. The zero-order valence-corrected chi connectivity index (χ0v) is 15.6. The summed E-state index contributed by atoms with van der Waals surface area (Å²) < 4.78 is 0. The number of benzene rings is 1. The molecule has 0 saturated carbocycles. The Balaban J connectivity index is 1.41. The molecule has 2 saturated heterocycles. The van der Waals surface area contributed by atoms with Gasteiger partial charge in [-0.15, -0.1) is 0 Å². The van der Waals surface area contributed by atoms with Gasteiger partial charge in [0.15, 0.2) is 0 Å². The molecule has 2 aliphatic heterocycles. The first-order chi connectivity index (χ1) is 12.0. The van der Waals surface area contributed by atoms with Gasteiger partial charge in [0.25, 0.3) is 0 Å². The Labute approximate surface area is 151 Å². The molecule has 0 aliphatic carbocycles. The fourth-order valence-electron chi connectivity index (χ4n) is 4.05. The Morgan fingerprint density at radius 2 is 2.16 bits per heavy atom. The first-order valence-corrected chi connectivity index (χ1v) is 9.57. The maximum absolute atomic E-state index is 12.1. The molecule has 1 aromatic carbocycles. The number of aryl methyl sites for hydroxylation is 1. The van der Waals surface area contributed by atoms with E-state index in [0.29, 0.717) is 11.3 Å². The van der Waals surface area contributed by atoms with Crippen LogP contribution in [0.2, 0.25) is 0 Å². The van der Waals surface area contributed by atoms with Crippen LogP contribution >= 0.6 is 0 Å². The molecular formula is C20H32N4O. The number of rotatable bonds is 5. The molecule has 3 N–H and O–H groups in total. The van der Waals surface area contributed by atoms with E-state index in [1.165, 1.54) is 37.9 Å². The number of hydrogen-bond donors (Lipinski definition) is 3. The number of anilines is 1. The van der Waals surface area contributed by atoms with Gasteiger partial charge < -0.3 is 20.9 Å². The zero-order chi connectivity index (χ0) is 17.7. The van der Waals surface area contributed by atoms with Crippen LogP contribution in [-0.2, 0) is 0 Å². The molecule has 2 amide bonds. The van der Waals surface area contributed by atoms with Gasteiger partial charge in [0.1, 0.15) is 0 Å². The molecule has 0 radical (unpaired) electrons. The first-order valence-electron chi connectivity index (χ1n) is 9.57. The van der Waals surface area contributed by atoms with Gasteiger partial charge in [0.2, 0.25) is 0 Å². The van der Waals surface area contributed by atoms with Crippen molar-refractivity contribution in [1.29, 1.82) is 0 Å². The molecule has 5 nitrogen and oxygen atoms in total. The van der Waals surface area contributed by atoms with Crippen LogP contribution in [0.25, 0.3) is 0 Å². The summed E-state index contributed by atoms with van der Waals surface area (Å²) in [6, 6.07) is 7.79. The van der Waals surface area contributed by atoms with Crippen molar-refractivity contribution in [2.75, 3.05) is 44.6 Å². The molecule has 2 fully saturated rings. The van der Waals surface area contributed by atoms with E-state index in [4.69, 9.17) is 0 Å². The van der Waals surface area contributed by atoms with Gasteiger partial charge in [-0.05, 0) is 62.7 Å². The van der Waals surface area contributed by atoms with Crippen molar-refractivity contribution in [1.82, 2.24) is 15.5 Å². The smallest absolute Gasteiger partial charge is 0.319 e. The highest BCUT2D eigenvalue weighted by molar-refractivity contribution is 5.89. The lowest BCUT2D eigenvalue weighted by Crippen LogP contribution is -2.45. The minimum Gasteiger partial charge on any atom is -0.338 e. The fourth-order valence-corrected chi connectivity index (χ4v) is 4.05. The van der Waals surface area contributed by atoms with Gasteiger partial charge in [-0.25, -0.2) is 4.79 Å². The molecular weight excluding hydrogens is 312 g/mol. The molecule has 2 heterocycles. The molecule has 138 valence electrons. The third-order valence-corrected chi connectivity index (χ3v) is 5.53. The third kappa shape index (κ3) is 5.44. The lowest BCUT2D eigenvalue weighted by Gasteiger charge is -2.37. The summed E-state index contributed by atoms with van der Waals surface area (Å²) in [6.45, 7) is 10.9. The fraction of sp³-hybridized carbons (Fsp3) is 0.650. The highest BCUT2D eigenvalue weighted by Gasteiger charge is 2.32. The van der Waals surface area contributed by atoms with Crippen molar-refractivity contribution < 1.29 is 4.79 Å². The predicted molar refractivity (Wildman–Crippen MR) is 103 cm³/mol. The number of urea groups is 1. The Morgan fingerprint density at radius 3 is 2.88 bits per heavy atom. The second kappa shape index (κ2) is 8.19. The normalized spacial score (nSPS) is 27.2. The van der Waals surface area contributed by atoms with Crippen molar-refractivity contribution in [2.24, 2.45) is 11.3 Å². The van der Waals surface area contributed by atoms with E-state index in [-0.39, 0.29) is 6.03 Å². The number of carbonyl (C=O) groups excluding carboxylic acids is 1. The zero-order valence-electron chi connectivity index (χ0n) is 15.6. The van der Waals surface area contributed by atoms with Crippen LogP contribution in [-0.4, -0.2) is 50.2 Å². The lowest BCUT2D eigenvalue weighted by atomic mass is 9.87. The predicted octanol–water partition coefficient (Wildman–Crippen LogP) is 2.83. The standard InChI is InChI=1S/C20H32N4O/c1-16-5-7-18(8-6-16)23-19(25)22-12-17-4-3-11-24(13-17)15-20(2)9-10-21-14-20/h5-8,17,21H,3-4,9-15H2,1-2H3,(H2,22,23,25). The highest BCUT2D eigenvalue weighted by Crippen LogP contribution is 2.28. The second-order valence-electron chi connectivity index (χ2n) is 8.18. The van der Waals surface area contributed by atoms with Gasteiger partial charge in [0, 0.05) is 31.9 Å². The molecule has 0 aromatic heterocycles. The summed E-state index contributed by atoms with van der Waals surface area (Å²) in [7, 11) is 0. The summed E-state index contributed by atoms with van der Waals surface area (Å²) in [5.41, 5.74) is 2.45. The molecule has 2 atom stereocenters. The first kappa shape index (κ1) is 18.2. The van der Waals surface area contributed by atoms with Crippen molar-refractivity contribution in [3.8, 4) is 0 Å². The maximum Gasteiger partial charge on any atom is 0.319 e. The van der Waals surface area contributed by atoms with Gasteiger partial charge in [0.05, 0.1) is 0 Å². The molecule has 2 unspecified atom stereocenters. The molecule has 2 aliphatic rings. The summed E-state index contributed by atoms with van der Waals surface area (Å²) in [5.74, 6) is 0.551. The van der Waals surface area contributed by atoms with Crippen LogP contribution in [0.5, 0.6) is 0 Å². The number of hydrogen-bond acceptors (Lipinski definition) is 3. The van der Waals surface area contributed by atoms with Gasteiger partial charge >= 0.3 is 6.03 Å². The summed E-state index contributed by atoms with van der Waals surface area (Å²) in [6.07, 6.45) is 3.71. The summed E-state index contributed by atoms with van der Waals surface area (Å²) >= 11 is 0. The molecule has 0 bridgehead atoms. The Hall–Kier alpha value is -1.59. The molecule has 1 aromatic rings. The SMILES string of the molecule is Cc1ccc(NC(=O)NCC2CCCN(CC3(C)CCNC3)C2)cc1. The minimum absolute atomic E-state index is 0.104. The highest BCUT2D eigenvalue weighted by atomic mass is 16.2. The van der Waals surface area contributed by atoms with E-state index in [9.17, 15) is 4.79 Å². The maximum atomic E-state index is 12.1. The molecule has 5 heteroatoms. The van der Waals surface area contributed by atoms with E-state index < -0.39 is 0 Å². The average Bonchev–Trinajstić information content (AvgIpc) is 3.01. The Kier molecular flexibility index (Phi) is 5.97. The van der Waals surface area contributed by atoms with Crippen LogP contribution < -0.4 is 16.0 Å². The Bertz CT molecular complexity index is 566. The largest absolute Gasteiger partial charge is 0.338 e. The Morgan fingerprint density at radius 1 is 1.36 bits per heavy atom. The number of likely N-dealkylation sites (tertiary alicyclic amines) is 1.